The minimum absolute atomic E-state index is 0.169. The van der Waals surface area contributed by atoms with Gasteiger partial charge in [0.25, 0.3) is 0 Å². The Morgan fingerprint density at radius 1 is 1.15 bits per heavy atom. The summed E-state index contributed by atoms with van der Waals surface area (Å²) in [6.07, 6.45) is 1.09. The first-order chi connectivity index (χ1) is 9.74. The molecule has 4 heteroatoms. The van der Waals surface area contributed by atoms with Gasteiger partial charge in [0.15, 0.2) is 0 Å². The summed E-state index contributed by atoms with van der Waals surface area (Å²) in [6.45, 7) is 2.27. The van der Waals surface area contributed by atoms with Crippen LogP contribution < -0.4 is 10.6 Å². The Morgan fingerprint density at radius 3 is 2.90 bits per heavy atom. The minimum Gasteiger partial charge on any atom is -0.384 e. The molecule has 2 nitrogen and oxygen atoms in total. The maximum absolute atomic E-state index is 13.6. The highest BCUT2D eigenvalue weighted by Gasteiger charge is 2.13. The predicted octanol–water partition coefficient (Wildman–Crippen LogP) is 3.85. The molecular formula is C16H16BrFN2. The van der Waals surface area contributed by atoms with E-state index in [1.165, 1.54) is 22.9 Å². The van der Waals surface area contributed by atoms with Gasteiger partial charge < -0.3 is 10.6 Å². The van der Waals surface area contributed by atoms with E-state index in [0.717, 1.165) is 24.0 Å². The lowest BCUT2D eigenvalue weighted by molar-refractivity contribution is 0.587. The molecule has 104 valence electrons. The molecule has 0 radical (unpaired) electrons. The van der Waals surface area contributed by atoms with Crippen LogP contribution >= 0.6 is 15.9 Å². The largest absolute Gasteiger partial charge is 0.384 e. The molecule has 0 bridgehead atoms. The van der Waals surface area contributed by atoms with Crippen molar-refractivity contribution in [2.45, 2.75) is 19.5 Å². The monoisotopic (exact) mass is 334 g/mol. The van der Waals surface area contributed by atoms with Gasteiger partial charge in [0.05, 0.1) is 0 Å². The second-order valence-corrected chi connectivity index (χ2v) is 5.88. The average molecular weight is 335 g/mol. The van der Waals surface area contributed by atoms with Crippen LogP contribution in [0.1, 0.15) is 16.7 Å². The van der Waals surface area contributed by atoms with Crippen molar-refractivity contribution in [1.29, 1.82) is 0 Å². The molecule has 20 heavy (non-hydrogen) atoms. The third-order valence-electron chi connectivity index (χ3n) is 3.57. The van der Waals surface area contributed by atoms with Crippen molar-refractivity contribution >= 4 is 21.6 Å². The number of nitrogens with one attached hydrogen (secondary N) is 2. The highest BCUT2D eigenvalue weighted by Crippen LogP contribution is 2.26. The molecule has 0 aliphatic carbocycles. The maximum Gasteiger partial charge on any atom is 0.127 e. The standard InChI is InChI=1S/C16H16BrFN2/c17-14-4-5-15(18)13(8-14)10-19-9-12-3-1-2-11-6-7-20-16(11)12/h1-5,8,19-20H,6-7,9-10H2. The Hall–Kier alpha value is -1.39. The lowest BCUT2D eigenvalue weighted by Gasteiger charge is -2.11. The predicted molar refractivity (Wildman–Crippen MR) is 83.3 cm³/mol. The second-order valence-electron chi connectivity index (χ2n) is 4.97. The molecule has 3 rings (SSSR count). The van der Waals surface area contributed by atoms with Gasteiger partial charge in [0.2, 0.25) is 0 Å². The van der Waals surface area contributed by atoms with E-state index in [2.05, 4.69) is 44.8 Å². The number of anilines is 1. The quantitative estimate of drug-likeness (QED) is 0.887. The topological polar surface area (TPSA) is 24.1 Å². The van der Waals surface area contributed by atoms with Crippen LogP contribution in [-0.2, 0) is 19.5 Å². The summed E-state index contributed by atoms with van der Waals surface area (Å²) in [6, 6.07) is 11.4. The van der Waals surface area contributed by atoms with E-state index < -0.39 is 0 Å². The fourth-order valence-corrected chi connectivity index (χ4v) is 2.98. The molecule has 0 saturated carbocycles. The number of hydrogen-bond donors (Lipinski definition) is 2. The van der Waals surface area contributed by atoms with Crippen molar-refractivity contribution in [3.8, 4) is 0 Å². The number of rotatable bonds is 4. The van der Waals surface area contributed by atoms with Gasteiger partial charge in [-0.05, 0) is 35.7 Å². The SMILES string of the molecule is Fc1ccc(Br)cc1CNCc1cccc2c1NCC2. The van der Waals surface area contributed by atoms with Gasteiger partial charge >= 0.3 is 0 Å². The van der Waals surface area contributed by atoms with Crippen LogP contribution in [-0.4, -0.2) is 6.54 Å². The van der Waals surface area contributed by atoms with Crippen molar-refractivity contribution in [3.05, 3.63) is 63.4 Å². The first-order valence-electron chi connectivity index (χ1n) is 6.73. The number of hydrogen-bond acceptors (Lipinski definition) is 2. The lowest BCUT2D eigenvalue weighted by Crippen LogP contribution is -2.14. The summed E-state index contributed by atoms with van der Waals surface area (Å²) in [4.78, 5) is 0. The van der Waals surface area contributed by atoms with E-state index in [1.54, 1.807) is 6.07 Å². The molecule has 0 aromatic heterocycles. The molecule has 2 N–H and O–H groups in total. The van der Waals surface area contributed by atoms with Gasteiger partial charge in [0.1, 0.15) is 5.82 Å². The Balaban J connectivity index is 1.66. The third-order valence-corrected chi connectivity index (χ3v) is 4.07. The Kier molecular flexibility index (Phi) is 4.03. The van der Waals surface area contributed by atoms with Crippen LogP contribution in [0.25, 0.3) is 0 Å². The van der Waals surface area contributed by atoms with Crippen LogP contribution in [0.3, 0.4) is 0 Å². The average Bonchev–Trinajstić information content (AvgIpc) is 2.92. The van der Waals surface area contributed by atoms with Crippen molar-refractivity contribution in [2.75, 3.05) is 11.9 Å². The van der Waals surface area contributed by atoms with Gasteiger partial charge in [-0.1, -0.05) is 34.1 Å². The van der Waals surface area contributed by atoms with Crippen LogP contribution in [0.2, 0.25) is 0 Å². The van der Waals surface area contributed by atoms with Crippen molar-refractivity contribution < 1.29 is 4.39 Å². The zero-order chi connectivity index (χ0) is 13.9. The minimum atomic E-state index is -0.169. The van der Waals surface area contributed by atoms with Crippen molar-refractivity contribution in [1.82, 2.24) is 5.32 Å². The lowest BCUT2D eigenvalue weighted by atomic mass is 10.1. The number of halogens is 2. The smallest absolute Gasteiger partial charge is 0.127 e. The Morgan fingerprint density at radius 2 is 2.00 bits per heavy atom. The highest BCUT2D eigenvalue weighted by molar-refractivity contribution is 9.10. The molecule has 2 aromatic rings. The molecule has 0 fully saturated rings. The van der Waals surface area contributed by atoms with Gasteiger partial charge in [-0.15, -0.1) is 0 Å². The normalized spacial score (nSPS) is 13.1. The molecule has 0 saturated heterocycles. The van der Waals surface area contributed by atoms with E-state index in [0.29, 0.717) is 12.1 Å². The maximum atomic E-state index is 13.6. The van der Waals surface area contributed by atoms with Crippen molar-refractivity contribution in [2.24, 2.45) is 0 Å². The zero-order valence-electron chi connectivity index (χ0n) is 11.0. The summed E-state index contributed by atoms with van der Waals surface area (Å²) in [5.74, 6) is -0.169. The molecule has 0 unspecified atom stereocenters. The molecule has 2 aromatic carbocycles. The Bertz CT molecular complexity index is 628. The van der Waals surface area contributed by atoms with E-state index in [9.17, 15) is 4.39 Å². The number of para-hydroxylation sites is 1. The van der Waals surface area contributed by atoms with Crippen LogP contribution in [0.15, 0.2) is 40.9 Å². The summed E-state index contributed by atoms with van der Waals surface area (Å²) in [5, 5.41) is 6.73. The zero-order valence-corrected chi connectivity index (χ0v) is 12.6. The van der Waals surface area contributed by atoms with Gasteiger partial charge in [-0.2, -0.15) is 0 Å². The molecule has 0 atom stereocenters. The van der Waals surface area contributed by atoms with Crippen LogP contribution in [0.5, 0.6) is 0 Å². The van der Waals surface area contributed by atoms with Crippen LogP contribution in [0.4, 0.5) is 10.1 Å². The summed E-state index contributed by atoms with van der Waals surface area (Å²) >= 11 is 3.37. The Labute approximate surface area is 126 Å². The molecule has 0 spiro atoms. The number of fused-ring (bicyclic) bond motifs is 1. The fraction of sp³-hybridized carbons (Fsp3) is 0.250. The third kappa shape index (κ3) is 2.86. The molecule has 0 amide bonds. The summed E-state index contributed by atoms with van der Waals surface area (Å²) in [7, 11) is 0. The van der Waals surface area contributed by atoms with E-state index in [1.807, 2.05) is 6.07 Å². The summed E-state index contributed by atoms with van der Waals surface area (Å²) < 4.78 is 14.5. The second kappa shape index (κ2) is 5.94. The first kappa shape index (κ1) is 13.6. The first-order valence-corrected chi connectivity index (χ1v) is 7.52. The summed E-state index contributed by atoms with van der Waals surface area (Å²) in [5.41, 5.74) is 4.54. The fourth-order valence-electron chi connectivity index (χ4n) is 2.57. The molecular weight excluding hydrogens is 319 g/mol. The van der Waals surface area contributed by atoms with Gasteiger partial charge in [0, 0.05) is 35.4 Å². The van der Waals surface area contributed by atoms with Gasteiger partial charge in [-0.3, -0.25) is 0 Å². The molecule has 1 aliphatic heterocycles. The molecule has 1 aliphatic rings. The van der Waals surface area contributed by atoms with Crippen molar-refractivity contribution in [3.63, 3.8) is 0 Å². The highest BCUT2D eigenvalue weighted by atomic mass is 79.9. The van der Waals surface area contributed by atoms with Gasteiger partial charge in [-0.25, -0.2) is 4.39 Å². The van der Waals surface area contributed by atoms with Crippen LogP contribution in [0, 0.1) is 5.82 Å². The van der Waals surface area contributed by atoms with E-state index >= 15 is 0 Å². The van der Waals surface area contributed by atoms with E-state index in [-0.39, 0.29) is 5.82 Å². The van der Waals surface area contributed by atoms with E-state index in [4.69, 9.17) is 0 Å². The number of benzene rings is 2. The molecule has 1 heterocycles.